The highest BCUT2D eigenvalue weighted by Crippen LogP contribution is 2.33. The molecule has 0 N–H and O–H groups in total. The second kappa shape index (κ2) is 7.37. The van der Waals surface area contributed by atoms with Gasteiger partial charge in [-0.3, -0.25) is 0 Å². The van der Waals surface area contributed by atoms with Crippen LogP contribution in [0.4, 0.5) is 0 Å². The lowest BCUT2D eigenvalue weighted by atomic mass is 10.1. The summed E-state index contributed by atoms with van der Waals surface area (Å²) in [6, 6.07) is 12.2. The quantitative estimate of drug-likeness (QED) is 0.359. The van der Waals surface area contributed by atoms with E-state index >= 15 is 0 Å². The Hall–Kier alpha value is -3.70. The zero-order valence-electron chi connectivity index (χ0n) is 15.8. The van der Waals surface area contributed by atoms with Crippen molar-refractivity contribution in [3.05, 3.63) is 58.1 Å². The summed E-state index contributed by atoms with van der Waals surface area (Å²) in [4.78, 5) is 19.6. The van der Waals surface area contributed by atoms with Crippen molar-refractivity contribution in [3.63, 3.8) is 0 Å². The summed E-state index contributed by atoms with van der Waals surface area (Å²) in [5.74, 6) is -0.0934. The number of aromatic nitrogens is 2. The van der Waals surface area contributed by atoms with Crippen LogP contribution in [0.5, 0.6) is 11.5 Å². The molecule has 0 saturated carbocycles. The summed E-state index contributed by atoms with van der Waals surface area (Å²) < 4.78 is 16.1. The molecule has 0 unspecified atom stereocenters. The molecule has 0 aliphatic rings. The third-order valence-electron chi connectivity index (χ3n) is 4.33. The van der Waals surface area contributed by atoms with E-state index in [1.54, 1.807) is 30.4 Å². The normalized spacial score (nSPS) is 10.7. The van der Waals surface area contributed by atoms with Gasteiger partial charge < -0.3 is 14.0 Å². The summed E-state index contributed by atoms with van der Waals surface area (Å²) in [5, 5.41) is 13.5. The van der Waals surface area contributed by atoms with Gasteiger partial charge in [-0.25, -0.2) is 9.78 Å². The molecule has 0 atom stereocenters. The van der Waals surface area contributed by atoms with Gasteiger partial charge in [0, 0.05) is 10.9 Å². The molecule has 3 aromatic heterocycles. The molecule has 0 radical (unpaired) electrons. The Kier molecular flexibility index (Phi) is 4.74. The summed E-state index contributed by atoms with van der Waals surface area (Å²) in [6.07, 6.45) is 0. The molecule has 0 bridgehead atoms. The minimum Gasteiger partial charge on any atom is -0.493 e. The van der Waals surface area contributed by atoms with Crippen LogP contribution < -0.4 is 9.47 Å². The van der Waals surface area contributed by atoms with Gasteiger partial charge in [0.25, 0.3) is 5.71 Å². The van der Waals surface area contributed by atoms with Gasteiger partial charge in [-0.15, -0.1) is 11.3 Å². The van der Waals surface area contributed by atoms with Crippen molar-refractivity contribution in [2.45, 2.75) is 13.8 Å². The molecule has 29 heavy (non-hydrogen) atoms. The van der Waals surface area contributed by atoms with E-state index in [1.807, 2.05) is 25.1 Å². The number of nitriles is 1. The van der Waals surface area contributed by atoms with E-state index in [-0.39, 0.29) is 11.5 Å². The molecule has 0 amide bonds. The molecule has 4 rings (SSSR count). The lowest BCUT2D eigenvalue weighted by Crippen LogP contribution is -2.11. The molecule has 1 aromatic carbocycles. The molecule has 3 heterocycles. The van der Waals surface area contributed by atoms with Crippen LogP contribution in [0.25, 0.3) is 21.7 Å². The van der Waals surface area contributed by atoms with Crippen LogP contribution in [0.3, 0.4) is 0 Å². The number of nitrogens with zero attached hydrogens (tertiary/aromatic N) is 3. The lowest BCUT2D eigenvalue weighted by Gasteiger charge is -2.10. The fourth-order valence-electron chi connectivity index (χ4n) is 2.93. The van der Waals surface area contributed by atoms with Crippen molar-refractivity contribution in [3.8, 4) is 28.1 Å². The highest BCUT2D eigenvalue weighted by molar-refractivity contribution is 7.15. The molecule has 0 aliphatic carbocycles. The maximum Gasteiger partial charge on any atom is 0.344 e. The highest BCUT2D eigenvalue weighted by Gasteiger charge is 2.22. The number of hydrogen-bond acceptors (Lipinski definition) is 8. The first kappa shape index (κ1) is 18.7. The molecule has 7 nitrogen and oxygen atoms in total. The number of rotatable bonds is 4. The van der Waals surface area contributed by atoms with Crippen molar-refractivity contribution < 1.29 is 18.8 Å². The zero-order valence-corrected chi connectivity index (χ0v) is 16.7. The van der Waals surface area contributed by atoms with Gasteiger partial charge in [-0.05, 0) is 44.2 Å². The van der Waals surface area contributed by atoms with Gasteiger partial charge in [0.15, 0.2) is 11.5 Å². The van der Waals surface area contributed by atoms with Crippen LogP contribution in [-0.4, -0.2) is 23.2 Å². The molecule has 4 aromatic rings. The maximum atomic E-state index is 13.1. The smallest absolute Gasteiger partial charge is 0.344 e. The van der Waals surface area contributed by atoms with E-state index in [4.69, 9.17) is 19.3 Å². The summed E-state index contributed by atoms with van der Waals surface area (Å²) in [6.45, 7) is 3.74. The average molecular weight is 405 g/mol. The first-order chi connectivity index (χ1) is 14.0. The van der Waals surface area contributed by atoms with Gasteiger partial charge in [-0.1, -0.05) is 5.16 Å². The van der Waals surface area contributed by atoms with Crippen molar-refractivity contribution >= 4 is 28.4 Å². The Morgan fingerprint density at radius 2 is 2.00 bits per heavy atom. The number of ether oxygens (including phenoxy) is 2. The number of fused-ring (bicyclic) bond motifs is 1. The first-order valence-corrected chi connectivity index (χ1v) is 9.46. The van der Waals surface area contributed by atoms with Gasteiger partial charge >= 0.3 is 5.97 Å². The SMILES string of the molecule is COc1cc(C#N)ccc1OC(=O)c1cc(-c2ccc(C)s2)nc2onc(C)c12. The third-order valence-corrected chi connectivity index (χ3v) is 5.35. The predicted molar refractivity (Wildman–Crippen MR) is 107 cm³/mol. The number of benzene rings is 1. The number of aryl methyl sites for hydroxylation is 2. The molecular weight excluding hydrogens is 390 g/mol. The summed E-state index contributed by atoms with van der Waals surface area (Å²) in [5.41, 5.74) is 2.11. The largest absolute Gasteiger partial charge is 0.493 e. The van der Waals surface area contributed by atoms with Crippen molar-refractivity contribution in [1.29, 1.82) is 5.26 Å². The summed E-state index contributed by atoms with van der Waals surface area (Å²) in [7, 11) is 1.44. The maximum absolute atomic E-state index is 13.1. The third kappa shape index (κ3) is 3.44. The Morgan fingerprint density at radius 3 is 2.69 bits per heavy atom. The van der Waals surface area contributed by atoms with Gasteiger partial charge in [0.2, 0.25) is 0 Å². The van der Waals surface area contributed by atoms with E-state index in [1.165, 1.54) is 19.2 Å². The van der Waals surface area contributed by atoms with E-state index in [9.17, 15) is 4.79 Å². The molecule has 0 fully saturated rings. The number of pyridine rings is 1. The van der Waals surface area contributed by atoms with Crippen molar-refractivity contribution in [2.75, 3.05) is 7.11 Å². The van der Waals surface area contributed by atoms with E-state index < -0.39 is 5.97 Å². The fraction of sp³-hybridized carbons (Fsp3) is 0.143. The number of hydrogen-bond donors (Lipinski definition) is 0. The van der Waals surface area contributed by atoms with Crippen LogP contribution in [0.2, 0.25) is 0 Å². The van der Waals surface area contributed by atoms with Crippen LogP contribution in [0.1, 0.15) is 26.5 Å². The number of carbonyl (C=O) groups excluding carboxylic acids is 1. The van der Waals surface area contributed by atoms with Crippen LogP contribution in [0.15, 0.2) is 40.9 Å². The molecular formula is C21H15N3O4S. The number of carbonyl (C=O) groups is 1. The highest BCUT2D eigenvalue weighted by atomic mass is 32.1. The van der Waals surface area contributed by atoms with Gasteiger partial charge in [0.1, 0.15) is 0 Å². The first-order valence-electron chi connectivity index (χ1n) is 8.64. The minimum absolute atomic E-state index is 0.212. The van der Waals surface area contributed by atoms with E-state index in [0.717, 1.165) is 9.75 Å². The topological polar surface area (TPSA) is 98.2 Å². The van der Waals surface area contributed by atoms with Crippen LogP contribution >= 0.6 is 11.3 Å². The lowest BCUT2D eigenvalue weighted by molar-refractivity contribution is 0.0731. The Morgan fingerprint density at radius 1 is 1.17 bits per heavy atom. The average Bonchev–Trinajstić information content (AvgIpc) is 3.33. The summed E-state index contributed by atoms with van der Waals surface area (Å²) >= 11 is 1.56. The zero-order chi connectivity index (χ0) is 20.5. The molecule has 8 heteroatoms. The molecule has 0 saturated heterocycles. The predicted octanol–water partition coefficient (Wildman–Crippen LogP) is 4.67. The minimum atomic E-state index is -0.596. The van der Waals surface area contributed by atoms with Crippen molar-refractivity contribution in [2.24, 2.45) is 0 Å². The molecule has 0 spiro atoms. The van der Waals surface area contributed by atoms with E-state index in [2.05, 4.69) is 10.1 Å². The standard InChI is InChI=1S/C21H15N3O4S/c1-11-4-7-18(29-11)15-9-14(19-12(2)24-28-20(19)23-15)21(25)27-16-6-5-13(10-22)8-17(16)26-3/h4-9H,1-3H3. The Bertz CT molecular complexity index is 1280. The number of thiophene rings is 1. The van der Waals surface area contributed by atoms with Gasteiger partial charge in [0.05, 0.1) is 46.0 Å². The Balaban J connectivity index is 1.79. The second-order valence-corrected chi connectivity index (χ2v) is 7.57. The molecule has 144 valence electrons. The van der Waals surface area contributed by atoms with Gasteiger partial charge in [-0.2, -0.15) is 5.26 Å². The fourth-order valence-corrected chi connectivity index (χ4v) is 3.76. The Labute approximate surface area is 170 Å². The van der Waals surface area contributed by atoms with Crippen molar-refractivity contribution in [1.82, 2.24) is 10.1 Å². The molecule has 0 aliphatic heterocycles. The number of esters is 1. The van der Waals surface area contributed by atoms with Crippen LogP contribution in [-0.2, 0) is 0 Å². The van der Waals surface area contributed by atoms with E-state index in [0.29, 0.717) is 33.7 Å². The second-order valence-electron chi connectivity index (χ2n) is 6.28. The van der Waals surface area contributed by atoms with Crippen LogP contribution in [0, 0.1) is 25.2 Å². The monoisotopic (exact) mass is 405 g/mol. The number of methoxy groups -OCH3 is 1.